The van der Waals surface area contributed by atoms with Crippen molar-refractivity contribution >= 4 is 27.9 Å². The Bertz CT molecular complexity index is 1180. The number of ether oxygens (including phenoxy) is 1. The van der Waals surface area contributed by atoms with Crippen LogP contribution in [0.5, 0.6) is 0 Å². The van der Waals surface area contributed by atoms with Gasteiger partial charge in [-0.15, -0.1) is 0 Å². The van der Waals surface area contributed by atoms with Crippen LogP contribution in [-0.4, -0.2) is 74.3 Å². The maximum absolute atomic E-state index is 13.4. The fourth-order valence-corrected chi connectivity index (χ4v) is 5.48. The molecule has 3 amide bonds. The first kappa shape index (κ1) is 28.9. The van der Waals surface area contributed by atoms with Crippen molar-refractivity contribution in [2.75, 3.05) is 32.7 Å². The van der Waals surface area contributed by atoms with E-state index >= 15 is 0 Å². The highest BCUT2D eigenvalue weighted by atomic mass is 32.2. The number of carbonyl (C=O) groups excluding carboxylic acids is 3. The van der Waals surface area contributed by atoms with Crippen molar-refractivity contribution in [1.29, 1.82) is 0 Å². The number of carbonyl (C=O) groups is 3. The molecule has 1 unspecified atom stereocenters. The number of hydrogen-bond acceptors (Lipinski definition) is 6. The van der Waals surface area contributed by atoms with Crippen molar-refractivity contribution in [3.63, 3.8) is 0 Å². The largest absolute Gasteiger partial charge is 0.445 e. The molecule has 0 radical (unpaired) electrons. The summed E-state index contributed by atoms with van der Waals surface area (Å²) in [5.74, 6) is -0.572. The third kappa shape index (κ3) is 8.42. The Balaban J connectivity index is 1.58. The molecule has 10 nitrogen and oxygen atoms in total. The van der Waals surface area contributed by atoms with Gasteiger partial charge in [0.1, 0.15) is 12.6 Å². The average molecular weight is 543 g/mol. The van der Waals surface area contributed by atoms with Gasteiger partial charge in [0, 0.05) is 32.7 Å². The number of sulfonamides is 1. The summed E-state index contributed by atoms with van der Waals surface area (Å²) in [6, 6.07) is 16.5. The molecule has 38 heavy (non-hydrogen) atoms. The molecule has 0 saturated carbocycles. The van der Waals surface area contributed by atoms with Crippen molar-refractivity contribution in [2.24, 2.45) is 0 Å². The number of amides is 3. The fraction of sp³-hybridized carbons (Fsp3) is 0.370. The third-order valence-corrected chi connectivity index (χ3v) is 8.05. The molecule has 1 fully saturated rings. The molecule has 1 atom stereocenters. The highest BCUT2D eigenvalue weighted by Crippen LogP contribution is 2.18. The second-order valence-corrected chi connectivity index (χ2v) is 10.7. The van der Waals surface area contributed by atoms with Crippen LogP contribution in [-0.2, 0) is 31.0 Å². The first-order chi connectivity index (χ1) is 18.3. The molecule has 1 aliphatic heterocycles. The number of nitrogens with zero attached hydrogens (tertiary/aromatic N) is 2. The summed E-state index contributed by atoms with van der Waals surface area (Å²) < 4.78 is 32.5. The molecule has 2 N–H and O–H groups in total. The number of piperazine rings is 1. The van der Waals surface area contributed by atoms with Gasteiger partial charge in [0.05, 0.1) is 4.90 Å². The molecular weight excluding hydrogens is 508 g/mol. The van der Waals surface area contributed by atoms with E-state index in [1.54, 1.807) is 35.2 Å². The monoisotopic (exact) mass is 542 g/mol. The van der Waals surface area contributed by atoms with Gasteiger partial charge in [-0.2, -0.15) is 4.31 Å². The normalized spacial score (nSPS) is 14.8. The Morgan fingerprint density at radius 2 is 1.58 bits per heavy atom. The lowest BCUT2D eigenvalue weighted by Crippen LogP contribution is -2.55. The summed E-state index contributed by atoms with van der Waals surface area (Å²) in [4.78, 5) is 39.0. The van der Waals surface area contributed by atoms with Gasteiger partial charge in [0.25, 0.3) is 0 Å². The summed E-state index contributed by atoms with van der Waals surface area (Å²) in [5.41, 5.74) is 0.819. The Kier molecular flexibility index (Phi) is 10.9. The molecule has 0 bridgehead atoms. The summed E-state index contributed by atoms with van der Waals surface area (Å²) in [7, 11) is -3.65. The molecule has 0 aromatic heterocycles. The lowest BCUT2D eigenvalue weighted by atomic mass is 10.1. The van der Waals surface area contributed by atoms with E-state index in [4.69, 9.17) is 4.74 Å². The summed E-state index contributed by atoms with van der Waals surface area (Å²) in [5, 5.41) is 5.36. The second kappa shape index (κ2) is 14.3. The number of nitrogens with one attached hydrogen (secondary N) is 2. The zero-order chi connectivity index (χ0) is 27.4. The molecule has 0 aliphatic carbocycles. The smallest absolute Gasteiger partial charge is 0.408 e. The number of alkyl carbamates (subject to hydrolysis) is 1. The van der Waals surface area contributed by atoms with Crippen LogP contribution in [0.15, 0.2) is 78.2 Å². The Labute approximate surface area is 223 Å². The highest BCUT2D eigenvalue weighted by Gasteiger charge is 2.33. The Hall–Kier alpha value is -3.70. The average Bonchev–Trinajstić information content (AvgIpc) is 2.95. The van der Waals surface area contributed by atoms with Crippen LogP contribution in [0.1, 0.15) is 24.8 Å². The van der Waals surface area contributed by atoms with Crippen LogP contribution >= 0.6 is 0 Å². The van der Waals surface area contributed by atoms with Gasteiger partial charge in [-0.1, -0.05) is 55.1 Å². The van der Waals surface area contributed by atoms with Crippen LogP contribution in [0.4, 0.5) is 4.79 Å². The molecule has 204 valence electrons. The van der Waals surface area contributed by atoms with Crippen LogP contribution in [0.25, 0.3) is 0 Å². The van der Waals surface area contributed by atoms with Gasteiger partial charge in [-0.25, -0.2) is 13.2 Å². The maximum Gasteiger partial charge on any atom is 0.408 e. The minimum absolute atomic E-state index is 0.0667. The molecule has 3 rings (SSSR count). The predicted octanol–water partition coefficient (Wildman–Crippen LogP) is 2.29. The first-order valence-electron chi connectivity index (χ1n) is 12.5. The summed E-state index contributed by atoms with van der Waals surface area (Å²) in [6.07, 6.45) is 1.99. The molecule has 1 aliphatic rings. The number of unbranched alkanes of at least 4 members (excludes halogenated alkanes) is 1. The van der Waals surface area contributed by atoms with Gasteiger partial charge in [-0.3, -0.25) is 9.59 Å². The van der Waals surface area contributed by atoms with Crippen LogP contribution < -0.4 is 10.6 Å². The standard InChI is InChI=1S/C27H34N4O6S/c1-2-25(32)28-16-10-9-15-24(29-27(34)37-21-22-11-5-3-6-12-22)26(33)30-17-19-31(20-18-30)38(35,36)23-13-7-4-8-14-23/h2-8,11-14,24H,1,9-10,15-21H2,(H,28,32)(H,29,34). The highest BCUT2D eigenvalue weighted by molar-refractivity contribution is 7.89. The second-order valence-electron chi connectivity index (χ2n) is 8.79. The van der Waals surface area contributed by atoms with E-state index < -0.39 is 22.2 Å². The SMILES string of the molecule is C=CC(=O)NCCCCC(NC(=O)OCc1ccccc1)C(=O)N1CCN(S(=O)(=O)c2ccccc2)CC1. The number of benzene rings is 2. The van der Waals surface area contributed by atoms with Crippen LogP contribution in [0.2, 0.25) is 0 Å². The van der Waals surface area contributed by atoms with Crippen LogP contribution in [0.3, 0.4) is 0 Å². The first-order valence-corrected chi connectivity index (χ1v) is 14.0. The topological polar surface area (TPSA) is 125 Å². The molecule has 2 aromatic rings. The van der Waals surface area contributed by atoms with Crippen molar-refractivity contribution in [2.45, 2.75) is 36.8 Å². The zero-order valence-corrected chi connectivity index (χ0v) is 22.1. The Morgan fingerprint density at radius 1 is 0.947 bits per heavy atom. The van der Waals surface area contributed by atoms with E-state index in [1.807, 2.05) is 30.3 Å². The lowest BCUT2D eigenvalue weighted by Gasteiger charge is -2.35. The van der Waals surface area contributed by atoms with Gasteiger partial charge in [-0.05, 0) is 43.0 Å². The molecule has 1 saturated heterocycles. The quantitative estimate of drug-likeness (QED) is 0.313. The Morgan fingerprint density at radius 3 is 2.21 bits per heavy atom. The van der Waals surface area contributed by atoms with Gasteiger partial charge in [0.2, 0.25) is 21.8 Å². The number of hydrogen-bond donors (Lipinski definition) is 2. The minimum atomic E-state index is -3.65. The van der Waals surface area contributed by atoms with E-state index in [-0.39, 0.29) is 49.5 Å². The third-order valence-electron chi connectivity index (χ3n) is 6.14. The van der Waals surface area contributed by atoms with Crippen molar-refractivity contribution in [1.82, 2.24) is 19.8 Å². The molecule has 1 heterocycles. The maximum atomic E-state index is 13.4. The van der Waals surface area contributed by atoms with Crippen molar-refractivity contribution < 1.29 is 27.5 Å². The van der Waals surface area contributed by atoms with Gasteiger partial charge in [0.15, 0.2) is 0 Å². The van der Waals surface area contributed by atoms with Gasteiger partial charge < -0.3 is 20.3 Å². The van der Waals surface area contributed by atoms with Crippen LogP contribution in [0, 0.1) is 0 Å². The predicted molar refractivity (Wildman–Crippen MR) is 142 cm³/mol. The van der Waals surface area contributed by atoms with E-state index in [1.165, 1.54) is 10.4 Å². The number of rotatable bonds is 12. The zero-order valence-electron chi connectivity index (χ0n) is 21.3. The molecule has 0 spiro atoms. The van der Waals surface area contributed by atoms with Crippen molar-refractivity contribution in [3.8, 4) is 0 Å². The van der Waals surface area contributed by atoms with Crippen molar-refractivity contribution in [3.05, 3.63) is 78.9 Å². The van der Waals surface area contributed by atoms with Gasteiger partial charge >= 0.3 is 6.09 Å². The lowest BCUT2D eigenvalue weighted by molar-refractivity contribution is -0.134. The molecule has 11 heteroatoms. The molecule has 2 aromatic carbocycles. The summed E-state index contributed by atoms with van der Waals surface area (Å²) in [6.45, 7) is 4.61. The summed E-state index contributed by atoms with van der Waals surface area (Å²) >= 11 is 0. The van der Waals surface area contributed by atoms with E-state index in [9.17, 15) is 22.8 Å². The fourth-order valence-electron chi connectivity index (χ4n) is 4.03. The van der Waals surface area contributed by atoms with E-state index in [2.05, 4.69) is 17.2 Å². The minimum Gasteiger partial charge on any atom is -0.445 e. The molecular formula is C27H34N4O6S. The van der Waals surface area contributed by atoms with E-state index in [0.717, 1.165) is 5.56 Å². The van der Waals surface area contributed by atoms with E-state index in [0.29, 0.717) is 25.8 Å².